The van der Waals surface area contributed by atoms with Crippen LogP contribution in [-0.4, -0.2) is 246 Å². The van der Waals surface area contributed by atoms with Crippen LogP contribution in [0.2, 0.25) is 0 Å². The molecule has 0 amide bonds. The van der Waals surface area contributed by atoms with E-state index < -0.39 is 0 Å². The Morgan fingerprint density at radius 1 is 0.491 bits per heavy atom. The molecule has 0 aromatic heterocycles. The minimum Gasteiger partial charge on any atom is -0.329 e. The molecule has 57 heavy (non-hydrogen) atoms. The molecule has 0 aromatic carbocycles. The Bertz CT molecular complexity index is 812. The fourth-order valence-electron chi connectivity index (χ4n) is 7.22. The maximum atomic E-state index is 6.66. The van der Waals surface area contributed by atoms with Crippen LogP contribution in [0.4, 0.5) is 0 Å². The molecule has 3 unspecified atom stereocenters. The molecule has 0 saturated carbocycles. The third-order valence-corrected chi connectivity index (χ3v) is 10.3. The summed E-state index contributed by atoms with van der Waals surface area (Å²) in [6.07, 6.45) is 1.55. The molecule has 21 heteroatoms. The van der Waals surface area contributed by atoms with Crippen molar-refractivity contribution < 1.29 is 0 Å². The van der Waals surface area contributed by atoms with Crippen LogP contribution in [0.1, 0.15) is 12.8 Å². The van der Waals surface area contributed by atoms with E-state index in [1.54, 1.807) is 0 Å². The summed E-state index contributed by atoms with van der Waals surface area (Å²) in [5, 5.41) is 26.3. The van der Waals surface area contributed by atoms with Crippen LogP contribution in [0.5, 0.6) is 0 Å². The molecule has 3 atom stereocenters. The van der Waals surface area contributed by atoms with Gasteiger partial charge in [-0.05, 0) is 0 Å². The van der Waals surface area contributed by atoms with Gasteiger partial charge < -0.3 is 88.8 Å². The van der Waals surface area contributed by atoms with Gasteiger partial charge in [0.25, 0.3) is 0 Å². The second kappa shape index (κ2) is 38.1. The van der Waals surface area contributed by atoms with E-state index in [0.717, 1.165) is 157 Å². The van der Waals surface area contributed by atoms with Gasteiger partial charge in [-0.1, -0.05) is 0 Å². The van der Waals surface area contributed by atoms with Crippen molar-refractivity contribution >= 4 is 0 Å². The molecule has 0 aliphatic carbocycles. The van der Waals surface area contributed by atoms with E-state index in [4.69, 9.17) is 51.6 Å². The fraction of sp³-hybridized carbons (Fsp3) is 1.00. The highest BCUT2D eigenvalue weighted by molar-refractivity contribution is 4.79. The molecule has 25 N–H and O–H groups in total. The SMILES string of the molecule is NCCN(CCN)CCNC1CC(N)NCCN(CCN)CCNC(CC(NCCN(CCN)CCN)NCCN(CCN)CCN)NCCN(CCN)CCN1. The first-order valence-electron chi connectivity index (χ1n) is 22.0. The van der Waals surface area contributed by atoms with E-state index >= 15 is 0 Å². The Labute approximate surface area is 346 Å². The third kappa shape index (κ3) is 29.1. The van der Waals surface area contributed by atoms with Crippen LogP contribution >= 0.6 is 0 Å². The van der Waals surface area contributed by atoms with Gasteiger partial charge >= 0.3 is 0 Å². The predicted octanol–water partition coefficient (Wildman–Crippen LogP) is -8.65. The molecule has 342 valence electrons. The lowest BCUT2D eigenvalue weighted by atomic mass is 10.2. The molecule has 0 bridgehead atoms. The molecule has 21 nitrogen and oxygen atoms in total. The highest BCUT2D eigenvalue weighted by Crippen LogP contribution is 1.99. The summed E-state index contributed by atoms with van der Waals surface area (Å²) in [7, 11) is 0. The zero-order valence-electron chi connectivity index (χ0n) is 35.9. The molecule has 1 fully saturated rings. The summed E-state index contributed by atoms with van der Waals surface area (Å²) in [6, 6.07) is 0. The normalized spacial score (nSPS) is 20.9. The summed E-state index contributed by atoms with van der Waals surface area (Å²) in [5.41, 5.74) is 54.1. The minimum absolute atomic E-state index is 0.0443. The maximum Gasteiger partial charge on any atom is 0.0600 e. The largest absolute Gasteiger partial charge is 0.329 e. The molecular formula is C36H93N21. The summed E-state index contributed by atoms with van der Waals surface area (Å²) >= 11 is 0. The maximum absolute atomic E-state index is 6.66. The second-order valence-corrected chi connectivity index (χ2v) is 14.9. The van der Waals surface area contributed by atoms with Gasteiger partial charge in [-0.15, -0.1) is 0 Å². The number of hydrogen-bond donors (Lipinski definition) is 16. The Kier molecular flexibility index (Phi) is 36.2. The van der Waals surface area contributed by atoms with Gasteiger partial charge in [0, 0.05) is 209 Å². The van der Waals surface area contributed by atoms with Crippen LogP contribution < -0.4 is 88.8 Å². The Hall–Kier alpha value is -0.840. The van der Waals surface area contributed by atoms with Crippen LogP contribution in [0.15, 0.2) is 0 Å². The van der Waals surface area contributed by atoms with Gasteiger partial charge in [-0.3, -0.25) is 24.5 Å². The molecule has 1 heterocycles. The van der Waals surface area contributed by atoms with Gasteiger partial charge in [-0.25, -0.2) is 0 Å². The Balaban J connectivity index is 3.11. The quantitative estimate of drug-likeness (QED) is 0.0299. The van der Waals surface area contributed by atoms with Gasteiger partial charge in [0.2, 0.25) is 0 Å². The first-order chi connectivity index (χ1) is 27.8. The first-order valence-corrected chi connectivity index (χ1v) is 22.0. The van der Waals surface area contributed by atoms with Crippen LogP contribution in [0, 0.1) is 0 Å². The van der Waals surface area contributed by atoms with Gasteiger partial charge in [-0.2, -0.15) is 0 Å². The van der Waals surface area contributed by atoms with Crippen LogP contribution in [-0.2, 0) is 0 Å². The second-order valence-electron chi connectivity index (χ2n) is 14.9. The summed E-state index contributed by atoms with van der Waals surface area (Å²) < 4.78 is 0. The molecule has 0 aromatic rings. The van der Waals surface area contributed by atoms with Crippen molar-refractivity contribution in [1.29, 1.82) is 0 Å². The van der Waals surface area contributed by atoms with E-state index in [-0.39, 0.29) is 24.7 Å². The fourth-order valence-corrected chi connectivity index (χ4v) is 7.22. The first kappa shape index (κ1) is 54.2. The number of nitrogens with one attached hydrogen (secondary N) is 7. The lowest BCUT2D eigenvalue weighted by molar-refractivity contribution is 0.224. The Morgan fingerprint density at radius 2 is 0.877 bits per heavy atom. The molecule has 1 aliphatic heterocycles. The average Bonchev–Trinajstić information content (AvgIpc) is 3.17. The lowest BCUT2D eigenvalue weighted by Gasteiger charge is -2.32. The minimum atomic E-state index is -0.169. The van der Waals surface area contributed by atoms with E-state index in [0.29, 0.717) is 52.4 Å². The van der Waals surface area contributed by atoms with Crippen molar-refractivity contribution in [2.45, 2.75) is 37.5 Å². The third-order valence-electron chi connectivity index (χ3n) is 10.3. The van der Waals surface area contributed by atoms with Crippen molar-refractivity contribution in [3.05, 3.63) is 0 Å². The van der Waals surface area contributed by atoms with Crippen molar-refractivity contribution in [3.63, 3.8) is 0 Å². The van der Waals surface area contributed by atoms with E-state index in [1.165, 1.54) is 0 Å². The highest BCUT2D eigenvalue weighted by Gasteiger charge is 2.19. The number of rotatable bonds is 30. The molecular weight excluding hydrogens is 727 g/mol. The van der Waals surface area contributed by atoms with Gasteiger partial charge in [0.05, 0.1) is 24.7 Å². The predicted molar refractivity (Wildman–Crippen MR) is 239 cm³/mol. The van der Waals surface area contributed by atoms with Crippen LogP contribution in [0.25, 0.3) is 0 Å². The zero-order valence-corrected chi connectivity index (χ0v) is 35.9. The number of nitrogens with zero attached hydrogens (tertiary/aromatic N) is 5. The van der Waals surface area contributed by atoms with Crippen molar-refractivity contribution in [3.8, 4) is 0 Å². The topological polar surface area (TPSA) is 335 Å². The molecule has 0 spiro atoms. The standard InChI is InChI=1S/C36H93N21/c37-1-16-53(17-2-38)25-10-47-34-31-33(45)46-9-24-56(22-7-43)29-14-51-36(52-15-30-57(23-8-44)28-13-48-34)32-35(49-11-26-54(18-3-39)19-4-40)50-12-27-55(20-5-41)21-6-42/h33-36,46-52H,1-32,37-45H2. The molecule has 1 rings (SSSR count). The average molecular weight is 820 g/mol. The van der Waals surface area contributed by atoms with Crippen molar-refractivity contribution in [2.24, 2.45) is 51.6 Å². The van der Waals surface area contributed by atoms with Crippen molar-refractivity contribution in [2.75, 3.05) is 196 Å². The zero-order chi connectivity index (χ0) is 41.8. The van der Waals surface area contributed by atoms with Gasteiger partial charge in [0.15, 0.2) is 0 Å². The molecule has 0 radical (unpaired) electrons. The van der Waals surface area contributed by atoms with E-state index in [2.05, 4.69) is 61.7 Å². The van der Waals surface area contributed by atoms with Gasteiger partial charge in [0.1, 0.15) is 0 Å². The number of nitrogens with two attached hydrogens (primary N) is 9. The lowest BCUT2D eigenvalue weighted by Crippen LogP contribution is -2.56. The summed E-state index contributed by atoms with van der Waals surface area (Å²) in [5.74, 6) is 0. The molecule has 1 saturated heterocycles. The van der Waals surface area contributed by atoms with E-state index in [1.807, 2.05) is 0 Å². The summed E-state index contributed by atoms with van der Waals surface area (Å²) in [6.45, 7) is 23.2. The Morgan fingerprint density at radius 3 is 1.28 bits per heavy atom. The summed E-state index contributed by atoms with van der Waals surface area (Å²) in [4.78, 5) is 11.7. The highest BCUT2D eigenvalue weighted by atomic mass is 15.3. The number of hydrogen-bond acceptors (Lipinski definition) is 21. The monoisotopic (exact) mass is 820 g/mol. The van der Waals surface area contributed by atoms with Crippen LogP contribution in [0.3, 0.4) is 0 Å². The molecule has 1 aliphatic rings. The van der Waals surface area contributed by atoms with E-state index in [9.17, 15) is 0 Å². The van der Waals surface area contributed by atoms with Crippen molar-refractivity contribution in [1.82, 2.24) is 61.7 Å². The smallest absolute Gasteiger partial charge is 0.0600 e.